The van der Waals surface area contributed by atoms with Crippen LogP contribution in [0.15, 0.2) is 18.7 Å². The first-order chi connectivity index (χ1) is 8.14. The Bertz CT molecular complexity index is 388. The van der Waals surface area contributed by atoms with Crippen molar-refractivity contribution in [1.29, 1.82) is 0 Å². The van der Waals surface area contributed by atoms with Crippen molar-refractivity contribution in [3.63, 3.8) is 0 Å². The first kappa shape index (κ1) is 14.1. The zero-order valence-corrected chi connectivity index (χ0v) is 10.7. The van der Waals surface area contributed by atoms with Crippen LogP contribution in [-0.4, -0.2) is 36.8 Å². The van der Waals surface area contributed by atoms with E-state index in [9.17, 15) is 8.42 Å². The fourth-order valence-electron chi connectivity index (χ4n) is 1.41. The van der Waals surface area contributed by atoms with Gasteiger partial charge in [-0.15, -0.1) is 0 Å². The highest BCUT2D eigenvalue weighted by atomic mass is 32.2. The maximum absolute atomic E-state index is 11.4. The molecule has 1 aromatic rings. The van der Waals surface area contributed by atoms with Crippen LogP contribution < -0.4 is 10.5 Å². The van der Waals surface area contributed by atoms with Crippen LogP contribution in [0.3, 0.4) is 0 Å². The number of hydrogen-bond donors (Lipinski definition) is 2. The molecule has 0 atom stereocenters. The topological polar surface area (TPSA) is 90.0 Å². The van der Waals surface area contributed by atoms with Crippen LogP contribution in [-0.2, 0) is 16.6 Å². The Kier molecular flexibility index (Phi) is 6.17. The van der Waals surface area contributed by atoms with Gasteiger partial charge in [0, 0.05) is 25.5 Å². The Morgan fingerprint density at radius 3 is 2.76 bits per heavy atom. The summed E-state index contributed by atoms with van der Waals surface area (Å²) >= 11 is 0. The number of nitrogens with two attached hydrogens (primary N) is 1. The Balaban J connectivity index is 2.07. The summed E-state index contributed by atoms with van der Waals surface area (Å²) in [5.74, 6) is 0.116. The van der Waals surface area contributed by atoms with E-state index in [0.717, 1.165) is 19.4 Å². The summed E-state index contributed by atoms with van der Waals surface area (Å²) in [6.45, 7) is 1.76. The van der Waals surface area contributed by atoms with Crippen molar-refractivity contribution in [3.8, 4) is 0 Å². The second-order valence-corrected chi connectivity index (χ2v) is 5.79. The van der Waals surface area contributed by atoms with Gasteiger partial charge < -0.3 is 10.3 Å². The van der Waals surface area contributed by atoms with Gasteiger partial charge in [0.1, 0.15) is 0 Å². The molecule has 0 aromatic carbocycles. The number of unbranched alkanes of at least 4 members (excludes halogenated alkanes) is 1. The SMILES string of the molecule is NCCCS(=O)(=O)NCCCCn1ccnc1. The first-order valence-electron chi connectivity index (χ1n) is 5.77. The molecule has 0 radical (unpaired) electrons. The molecule has 0 aliphatic heterocycles. The van der Waals surface area contributed by atoms with Gasteiger partial charge in [-0.25, -0.2) is 18.1 Å². The summed E-state index contributed by atoms with van der Waals surface area (Å²) < 4.78 is 27.3. The highest BCUT2D eigenvalue weighted by molar-refractivity contribution is 7.89. The predicted octanol–water partition coefficient (Wildman–Crippen LogP) is -0.0685. The van der Waals surface area contributed by atoms with Crippen molar-refractivity contribution in [2.45, 2.75) is 25.8 Å². The zero-order chi connectivity index (χ0) is 12.6. The molecule has 0 spiro atoms. The van der Waals surface area contributed by atoms with Crippen LogP contribution in [0.5, 0.6) is 0 Å². The Hall–Kier alpha value is -0.920. The first-order valence-corrected chi connectivity index (χ1v) is 7.42. The summed E-state index contributed by atoms with van der Waals surface area (Å²) in [6, 6.07) is 0. The highest BCUT2D eigenvalue weighted by Gasteiger charge is 2.07. The Morgan fingerprint density at radius 1 is 1.29 bits per heavy atom. The van der Waals surface area contributed by atoms with E-state index in [1.54, 1.807) is 12.5 Å². The van der Waals surface area contributed by atoms with Crippen molar-refractivity contribution in [1.82, 2.24) is 14.3 Å². The van der Waals surface area contributed by atoms with E-state index in [1.165, 1.54) is 0 Å². The number of nitrogens with one attached hydrogen (secondary N) is 1. The lowest BCUT2D eigenvalue weighted by Crippen LogP contribution is -2.28. The smallest absolute Gasteiger partial charge is 0.211 e. The molecule has 3 N–H and O–H groups in total. The van der Waals surface area contributed by atoms with Crippen LogP contribution in [0.2, 0.25) is 0 Å². The van der Waals surface area contributed by atoms with E-state index < -0.39 is 10.0 Å². The molecular formula is C10H20N4O2S. The predicted molar refractivity (Wildman–Crippen MR) is 66.9 cm³/mol. The molecule has 0 aliphatic carbocycles. The van der Waals surface area contributed by atoms with E-state index in [0.29, 0.717) is 19.5 Å². The molecule has 6 nitrogen and oxygen atoms in total. The molecule has 1 heterocycles. The fourth-order valence-corrected chi connectivity index (χ4v) is 2.56. The standard InChI is InChI=1S/C10H20N4O2S/c11-4-3-9-17(15,16)13-5-1-2-7-14-8-6-12-10-14/h6,8,10,13H,1-5,7,9,11H2. The molecule has 1 rings (SSSR count). The third-order valence-corrected chi connectivity index (χ3v) is 3.81. The molecule has 0 bridgehead atoms. The Morgan fingerprint density at radius 2 is 2.12 bits per heavy atom. The molecule has 7 heteroatoms. The molecule has 0 saturated heterocycles. The van der Waals surface area contributed by atoms with Crippen LogP contribution in [0.25, 0.3) is 0 Å². The molecule has 0 amide bonds. The summed E-state index contributed by atoms with van der Waals surface area (Å²) in [6.07, 6.45) is 7.63. The van der Waals surface area contributed by atoms with Crippen LogP contribution in [0, 0.1) is 0 Å². The van der Waals surface area contributed by atoms with Crippen molar-refractivity contribution < 1.29 is 8.42 Å². The van der Waals surface area contributed by atoms with Crippen molar-refractivity contribution >= 4 is 10.0 Å². The normalized spacial score (nSPS) is 11.8. The van der Waals surface area contributed by atoms with Crippen LogP contribution in [0.1, 0.15) is 19.3 Å². The minimum atomic E-state index is -3.13. The third kappa shape index (κ3) is 6.40. The lowest BCUT2D eigenvalue weighted by atomic mass is 10.3. The molecule has 17 heavy (non-hydrogen) atoms. The van der Waals surface area contributed by atoms with E-state index >= 15 is 0 Å². The number of aryl methyl sites for hydroxylation is 1. The van der Waals surface area contributed by atoms with Crippen molar-refractivity contribution in [2.24, 2.45) is 5.73 Å². The van der Waals surface area contributed by atoms with E-state index in [2.05, 4.69) is 9.71 Å². The van der Waals surface area contributed by atoms with Gasteiger partial charge in [-0.1, -0.05) is 0 Å². The zero-order valence-electron chi connectivity index (χ0n) is 9.88. The maximum atomic E-state index is 11.4. The lowest BCUT2D eigenvalue weighted by molar-refractivity contribution is 0.564. The number of sulfonamides is 1. The summed E-state index contributed by atoms with van der Waals surface area (Å²) in [7, 11) is -3.13. The molecule has 98 valence electrons. The summed E-state index contributed by atoms with van der Waals surface area (Å²) in [4.78, 5) is 3.93. The number of hydrogen-bond acceptors (Lipinski definition) is 4. The van der Waals surface area contributed by atoms with Gasteiger partial charge in [0.05, 0.1) is 12.1 Å². The second kappa shape index (κ2) is 7.41. The summed E-state index contributed by atoms with van der Waals surface area (Å²) in [5, 5.41) is 0. The van der Waals surface area contributed by atoms with Gasteiger partial charge in [-0.2, -0.15) is 0 Å². The molecule has 0 saturated carbocycles. The quantitative estimate of drug-likeness (QED) is 0.608. The minimum absolute atomic E-state index is 0.116. The van der Waals surface area contributed by atoms with Gasteiger partial charge in [-0.3, -0.25) is 0 Å². The second-order valence-electron chi connectivity index (χ2n) is 3.86. The number of aromatic nitrogens is 2. The fraction of sp³-hybridized carbons (Fsp3) is 0.700. The maximum Gasteiger partial charge on any atom is 0.211 e. The molecule has 1 aromatic heterocycles. The van der Waals surface area contributed by atoms with E-state index in [-0.39, 0.29) is 5.75 Å². The number of imidazole rings is 1. The average molecular weight is 260 g/mol. The molecule has 0 fully saturated rings. The van der Waals surface area contributed by atoms with Gasteiger partial charge in [0.15, 0.2) is 0 Å². The minimum Gasteiger partial charge on any atom is -0.337 e. The monoisotopic (exact) mass is 260 g/mol. The van der Waals surface area contributed by atoms with Crippen LogP contribution in [0.4, 0.5) is 0 Å². The molecule has 0 aliphatic rings. The highest BCUT2D eigenvalue weighted by Crippen LogP contribution is 1.95. The molecular weight excluding hydrogens is 240 g/mol. The lowest BCUT2D eigenvalue weighted by Gasteiger charge is -2.06. The van der Waals surface area contributed by atoms with Gasteiger partial charge >= 0.3 is 0 Å². The number of nitrogens with zero attached hydrogens (tertiary/aromatic N) is 2. The summed E-state index contributed by atoms with van der Waals surface area (Å²) in [5.41, 5.74) is 5.27. The van der Waals surface area contributed by atoms with Crippen molar-refractivity contribution in [2.75, 3.05) is 18.8 Å². The number of rotatable bonds is 9. The van der Waals surface area contributed by atoms with E-state index in [1.807, 2.05) is 10.8 Å². The van der Waals surface area contributed by atoms with Gasteiger partial charge in [-0.05, 0) is 25.8 Å². The largest absolute Gasteiger partial charge is 0.337 e. The van der Waals surface area contributed by atoms with Crippen LogP contribution >= 0.6 is 0 Å². The van der Waals surface area contributed by atoms with Gasteiger partial charge in [0.2, 0.25) is 10.0 Å². The van der Waals surface area contributed by atoms with E-state index in [4.69, 9.17) is 5.73 Å². The Labute approximate surface area is 102 Å². The molecule has 0 unspecified atom stereocenters. The van der Waals surface area contributed by atoms with Crippen molar-refractivity contribution in [3.05, 3.63) is 18.7 Å². The third-order valence-electron chi connectivity index (χ3n) is 2.34. The average Bonchev–Trinajstić information content (AvgIpc) is 2.79. The van der Waals surface area contributed by atoms with Gasteiger partial charge in [0.25, 0.3) is 0 Å².